The van der Waals surface area contributed by atoms with Gasteiger partial charge in [0.2, 0.25) is 0 Å². The number of methoxy groups -OCH3 is 1. The lowest BCUT2D eigenvalue weighted by Gasteiger charge is -2.13. The first-order valence-electron chi connectivity index (χ1n) is 8.83. The molecular formula is C20H24ClN3O4. The molecule has 0 bridgehead atoms. The van der Waals surface area contributed by atoms with Crippen LogP contribution < -0.4 is 5.32 Å². The molecule has 0 atom stereocenters. The molecule has 8 heteroatoms. The van der Waals surface area contributed by atoms with Gasteiger partial charge in [0.15, 0.2) is 0 Å². The average Bonchev–Trinajstić information content (AvgIpc) is 2.98. The highest BCUT2D eigenvalue weighted by Crippen LogP contribution is 2.25. The Bertz CT molecular complexity index is 918. The van der Waals surface area contributed by atoms with Gasteiger partial charge in [-0.25, -0.2) is 4.79 Å². The Balaban J connectivity index is 2.39. The Labute approximate surface area is 169 Å². The number of amides is 2. The summed E-state index contributed by atoms with van der Waals surface area (Å²) in [6, 6.07) is 4.70. The second kappa shape index (κ2) is 8.93. The number of carbonyl (C=O) groups excluding carboxylic acids is 3. The zero-order valence-corrected chi connectivity index (χ0v) is 17.4. The summed E-state index contributed by atoms with van der Waals surface area (Å²) in [4.78, 5) is 41.6. The fraction of sp³-hybridized carbons (Fsp3) is 0.350. The van der Waals surface area contributed by atoms with Crippen LogP contribution in [-0.2, 0) is 11.2 Å². The maximum Gasteiger partial charge on any atom is 0.339 e. The molecule has 2 rings (SSSR count). The van der Waals surface area contributed by atoms with Crippen LogP contribution in [0.3, 0.4) is 0 Å². The van der Waals surface area contributed by atoms with Crippen LogP contribution in [0.1, 0.15) is 55.8 Å². The van der Waals surface area contributed by atoms with Crippen molar-refractivity contribution in [2.24, 2.45) is 0 Å². The van der Waals surface area contributed by atoms with E-state index in [4.69, 9.17) is 16.3 Å². The molecule has 7 nitrogen and oxygen atoms in total. The third-order valence-electron chi connectivity index (χ3n) is 4.27. The van der Waals surface area contributed by atoms with Gasteiger partial charge < -0.3 is 19.9 Å². The SMILES string of the molecule is CCCc1c(C(=O)Nc2ccc(Cl)c(C(=O)N(C)C)c2)[nH]c(C)c1C(=O)OC. The van der Waals surface area contributed by atoms with Gasteiger partial charge in [-0.05, 0) is 37.1 Å². The van der Waals surface area contributed by atoms with E-state index in [2.05, 4.69) is 10.3 Å². The summed E-state index contributed by atoms with van der Waals surface area (Å²) in [5, 5.41) is 3.06. The van der Waals surface area contributed by atoms with Crippen LogP contribution in [0, 0.1) is 6.92 Å². The number of aromatic nitrogens is 1. The molecule has 1 aromatic carbocycles. The van der Waals surface area contributed by atoms with Gasteiger partial charge in [0.05, 0.1) is 23.3 Å². The summed E-state index contributed by atoms with van der Waals surface area (Å²) in [7, 11) is 4.55. The number of H-pyrrole nitrogens is 1. The molecule has 2 N–H and O–H groups in total. The van der Waals surface area contributed by atoms with E-state index in [9.17, 15) is 14.4 Å². The van der Waals surface area contributed by atoms with Gasteiger partial charge >= 0.3 is 5.97 Å². The molecule has 0 aliphatic heterocycles. The molecule has 1 aromatic heterocycles. The van der Waals surface area contributed by atoms with E-state index in [1.165, 1.54) is 18.1 Å². The quantitative estimate of drug-likeness (QED) is 0.717. The average molecular weight is 406 g/mol. The largest absolute Gasteiger partial charge is 0.465 e. The molecule has 28 heavy (non-hydrogen) atoms. The van der Waals surface area contributed by atoms with Crippen molar-refractivity contribution in [1.29, 1.82) is 0 Å². The predicted octanol–water partition coefficient (Wildman–Crippen LogP) is 3.67. The highest BCUT2D eigenvalue weighted by molar-refractivity contribution is 6.34. The highest BCUT2D eigenvalue weighted by Gasteiger charge is 2.25. The van der Waals surface area contributed by atoms with Gasteiger partial charge in [0, 0.05) is 25.5 Å². The van der Waals surface area contributed by atoms with Crippen molar-refractivity contribution in [2.45, 2.75) is 26.7 Å². The number of aryl methyl sites for hydroxylation is 1. The Kier molecular flexibility index (Phi) is 6.85. The maximum absolute atomic E-state index is 12.9. The predicted molar refractivity (Wildman–Crippen MR) is 108 cm³/mol. The molecule has 0 spiro atoms. The van der Waals surface area contributed by atoms with Crippen LogP contribution in [0.2, 0.25) is 5.02 Å². The molecule has 0 fully saturated rings. The lowest BCUT2D eigenvalue weighted by Crippen LogP contribution is -2.22. The summed E-state index contributed by atoms with van der Waals surface area (Å²) < 4.78 is 4.85. The van der Waals surface area contributed by atoms with E-state index in [0.29, 0.717) is 39.6 Å². The topological polar surface area (TPSA) is 91.5 Å². The smallest absolute Gasteiger partial charge is 0.339 e. The number of hydrogen-bond acceptors (Lipinski definition) is 4. The van der Waals surface area contributed by atoms with Crippen LogP contribution >= 0.6 is 11.6 Å². The Morgan fingerprint density at radius 3 is 2.50 bits per heavy atom. The lowest BCUT2D eigenvalue weighted by molar-refractivity contribution is 0.0598. The van der Waals surface area contributed by atoms with Crippen molar-refractivity contribution in [3.05, 3.63) is 51.3 Å². The number of ether oxygens (including phenoxy) is 1. The van der Waals surface area contributed by atoms with Crippen molar-refractivity contribution >= 4 is 35.1 Å². The molecule has 0 saturated heterocycles. The first kappa shape index (κ1) is 21.5. The molecule has 1 heterocycles. The Hall–Kier alpha value is -2.80. The molecule has 0 radical (unpaired) electrons. The van der Waals surface area contributed by atoms with E-state index in [1.54, 1.807) is 33.2 Å². The Morgan fingerprint density at radius 2 is 1.93 bits per heavy atom. The molecule has 0 aliphatic carbocycles. The Morgan fingerprint density at radius 1 is 1.25 bits per heavy atom. The van der Waals surface area contributed by atoms with Crippen LogP contribution in [-0.4, -0.2) is 48.9 Å². The third-order valence-corrected chi connectivity index (χ3v) is 4.60. The zero-order chi connectivity index (χ0) is 21.0. The minimum absolute atomic E-state index is 0.267. The first-order valence-corrected chi connectivity index (χ1v) is 9.21. The lowest BCUT2D eigenvalue weighted by atomic mass is 10.0. The van der Waals surface area contributed by atoms with E-state index < -0.39 is 11.9 Å². The normalized spacial score (nSPS) is 10.5. The number of nitrogens with one attached hydrogen (secondary N) is 2. The van der Waals surface area contributed by atoms with Gasteiger partial charge in [-0.2, -0.15) is 0 Å². The molecule has 0 saturated carbocycles. The van der Waals surface area contributed by atoms with Crippen molar-refractivity contribution in [2.75, 3.05) is 26.5 Å². The van der Waals surface area contributed by atoms with Gasteiger partial charge in [-0.1, -0.05) is 24.9 Å². The number of anilines is 1. The van der Waals surface area contributed by atoms with Crippen LogP contribution in [0.25, 0.3) is 0 Å². The van der Waals surface area contributed by atoms with Crippen LogP contribution in [0.4, 0.5) is 5.69 Å². The minimum atomic E-state index is -0.485. The first-order chi connectivity index (χ1) is 13.2. The standard InChI is InChI=1S/C20H24ClN3O4/c1-6-7-13-16(20(27)28-5)11(2)22-17(13)18(25)23-12-8-9-15(21)14(10-12)19(26)24(3)4/h8-10,22H,6-7H2,1-5H3,(H,23,25). The fourth-order valence-corrected chi connectivity index (χ4v) is 3.15. The van der Waals surface area contributed by atoms with E-state index >= 15 is 0 Å². The van der Waals surface area contributed by atoms with Crippen LogP contribution in [0.15, 0.2) is 18.2 Å². The van der Waals surface area contributed by atoms with Crippen molar-refractivity contribution in [1.82, 2.24) is 9.88 Å². The third kappa shape index (κ3) is 4.36. The highest BCUT2D eigenvalue weighted by atomic mass is 35.5. The molecule has 2 aromatic rings. The maximum atomic E-state index is 12.9. The minimum Gasteiger partial charge on any atom is -0.465 e. The van der Waals surface area contributed by atoms with Gasteiger partial charge in [0.1, 0.15) is 5.69 Å². The van der Waals surface area contributed by atoms with Crippen LogP contribution in [0.5, 0.6) is 0 Å². The number of aromatic amines is 1. The second-order valence-corrected chi connectivity index (χ2v) is 6.98. The number of nitrogens with zero attached hydrogens (tertiary/aromatic N) is 1. The van der Waals surface area contributed by atoms with E-state index in [0.717, 1.165) is 6.42 Å². The molecular weight excluding hydrogens is 382 g/mol. The molecule has 0 unspecified atom stereocenters. The number of rotatable bonds is 6. The zero-order valence-electron chi connectivity index (χ0n) is 16.6. The number of hydrogen-bond donors (Lipinski definition) is 2. The number of halogens is 1. The molecule has 0 aliphatic rings. The summed E-state index contributed by atoms with van der Waals surface area (Å²) in [6.07, 6.45) is 1.30. The summed E-state index contributed by atoms with van der Waals surface area (Å²) in [5.41, 5.74) is 2.58. The number of benzene rings is 1. The molecule has 150 valence electrons. The summed E-state index contributed by atoms with van der Waals surface area (Å²) in [6.45, 7) is 3.68. The second-order valence-electron chi connectivity index (χ2n) is 6.57. The van der Waals surface area contributed by atoms with E-state index in [1.807, 2.05) is 6.92 Å². The van der Waals surface area contributed by atoms with E-state index in [-0.39, 0.29) is 11.5 Å². The van der Waals surface area contributed by atoms with Crippen molar-refractivity contribution in [3.63, 3.8) is 0 Å². The van der Waals surface area contributed by atoms with Crippen molar-refractivity contribution in [3.8, 4) is 0 Å². The van der Waals surface area contributed by atoms with Gasteiger partial charge in [-0.3, -0.25) is 9.59 Å². The molecule has 2 amide bonds. The number of esters is 1. The fourth-order valence-electron chi connectivity index (χ4n) is 2.95. The number of carbonyl (C=O) groups is 3. The van der Waals surface area contributed by atoms with Gasteiger partial charge in [-0.15, -0.1) is 0 Å². The summed E-state index contributed by atoms with van der Waals surface area (Å²) in [5.74, 6) is -1.16. The summed E-state index contributed by atoms with van der Waals surface area (Å²) >= 11 is 6.11. The monoisotopic (exact) mass is 405 g/mol. The van der Waals surface area contributed by atoms with Crippen molar-refractivity contribution < 1.29 is 19.1 Å². The van der Waals surface area contributed by atoms with Gasteiger partial charge in [0.25, 0.3) is 11.8 Å².